The highest BCUT2D eigenvalue weighted by Crippen LogP contribution is 2.57. The van der Waals surface area contributed by atoms with Crippen LogP contribution in [-0.2, 0) is 6.54 Å². The monoisotopic (exact) mass is 203 g/mol. The molecule has 0 spiro atoms. The van der Waals surface area contributed by atoms with Gasteiger partial charge in [0.05, 0.1) is 6.61 Å². The highest BCUT2D eigenvalue weighted by atomic mass is 16.3. The normalized spacial score (nSPS) is 34.1. The second-order valence-electron chi connectivity index (χ2n) is 5.08. The Morgan fingerprint density at radius 1 is 1.33 bits per heavy atom. The lowest BCUT2D eigenvalue weighted by Gasteiger charge is -2.19. The average molecular weight is 203 g/mol. The molecule has 1 aliphatic heterocycles. The number of rotatable bonds is 3. The minimum atomic E-state index is 0.286. The Morgan fingerprint density at radius 2 is 2.13 bits per heavy atom. The van der Waals surface area contributed by atoms with Crippen molar-refractivity contribution in [3.8, 4) is 0 Å². The van der Waals surface area contributed by atoms with Gasteiger partial charge in [0.2, 0.25) is 0 Å². The number of benzene rings is 1. The van der Waals surface area contributed by atoms with Crippen LogP contribution in [0.2, 0.25) is 0 Å². The molecule has 1 N–H and O–H groups in total. The Hall–Kier alpha value is -0.860. The predicted octanol–water partition coefficient (Wildman–Crippen LogP) is 1.50. The zero-order valence-corrected chi connectivity index (χ0v) is 8.89. The van der Waals surface area contributed by atoms with Crippen molar-refractivity contribution in [2.75, 3.05) is 19.7 Å². The SMILES string of the molecule is OC[C@@]12C[C@@H]1CN(Cc1ccccc1)C2. The second-order valence-corrected chi connectivity index (χ2v) is 5.08. The highest BCUT2D eigenvalue weighted by Gasteiger charge is 2.59. The molecule has 3 rings (SSSR count). The van der Waals surface area contributed by atoms with Gasteiger partial charge < -0.3 is 5.11 Å². The molecule has 80 valence electrons. The number of aliphatic hydroxyl groups excluding tert-OH is 1. The molecule has 0 bridgehead atoms. The Kier molecular flexibility index (Phi) is 2.08. The van der Waals surface area contributed by atoms with E-state index in [9.17, 15) is 5.11 Å². The van der Waals surface area contributed by atoms with Crippen molar-refractivity contribution in [3.05, 3.63) is 35.9 Å². The number of likely N-dealkylation sites (tertiary alicyclic amines) is 1. The molecule has 1 saturated carbocycles. The standard InChI is InChI=1S/C13H17NO/c15-10-13-6-12(13)8-14(9-13)7-11-4-2-1-3-5-11/h1-5,12,15H,6-10H2/t12-,13+/m1/s1. The third kappa shape index (κ3) is 1.58. The predicted molar refractivity (Wildman–Crippen MR) is 59.3 cm³/mol. The molecule has 0 amide bonds. The topological polar surface area (TPSA) is 23.5 Å². The van der Waals surface area contributed by atoms with Gasteiger partial charge in [-0.05, 0) is 17.9 Å². The molecule has 15 heavy (non-hydrogen) atoms. The van der Waals surface area contributed by atoms with Gasteiger partial charge in [-0.15, -0.1) is 0 Å². The van der Waals surface area contributed by atoms with Crippen LogP contribution in [0.1, 0.15) is 12.0 Å². The molecular formula is C13H17NO. The Morgan fingerprint density at radius 3 is 2.80 bits per heavy atom. The first-order valence-corrected chi connectivity index (χ1v) is 5.69. The van der Waals surface area contributed by atoms with E-state index in [0.29, 0.717) is 6.61 Å². The molecule has 2 nitrogen and oxygen atoms in total. The smallest absolute Gasteiger partial charge is 0.0502 e. The molecule has 0 aromatic heterocycles. The third-order valence-electron chi connectivity index (χ3n) is 3.94. The summed E-state index contributed by atoms with van der Waals surface area (Å²) >= 11 is 0. The van der Waals surface area contributed by atoms with Crippen LogP contribution in [0.25, 0.3) is 0 Å². The van der Waals surface area contributed by atoms with Crippen LogP contribution in [0.15, 0.2) is 30.3 Å². The zero-order chi connectivity index (χ0) is 10.3. The van der Waals surface area contributed by atoms with Gasteiger partial charge in [0, 0.05) is 25.0 Å². The fourth-order valence-electron chi connectivity index (χ4n) is 2.91. The molecular weight excluding hydrogens is 186 g/mol. The lowest BCUT2D eigenvalue weighted by atomic mass is 10.1. The van der Waals surface area contributed by atoms with Gasteiger partial charge in [-0.1, -0.05) is 30.3 Å². The molecule has 1 aromatic carbocycles. The zero-order valence-electron chi connectivity index (χ0n) is 8.89. The molecule has 1 aromatic rings. The largest absolute Gasteiger partial charge is 0.396 e. The summed E-state index contributed by atoms with van der Waals surface area (Å²) in [7, 11) is 0. The quantitative estimate of drug-likeness (QED) is 0.804. The van der Waals surface area contributed by atoms with Crippen LogP contribution < -0.4 is 0 Å². The van der Waals surface area contributed by atoms with Gasteiger partial charge in [0.25, 0.3) is 0 Å². The molecule has 1 heterocycles. The van der Waals surface area contributed by atoms with Crippen molar-refractivity contribution < 1.29 is 5.11 Å². The summed E-state index contributed by atoms with van der Waals surface area (Å²) in [5.74, 6) is 0.770. The van der Waals surface area contributed by atoms with E-state index in [4.69, 9.17) is 0 Å². The fraction of sp³-hybridized carbons (Fsp3) is 0.538. The Bertz CT molecular complexity index is 347. The van der Waals surface area contributed by atoms with Crippen LogP contribution in [0, 0.1) is 11.3 Å². The van der Waals surface area contributed by atoms with E-state index in [0.717, 1.165) is 19.0 Å². The minimum Gasteiger partial charge on any atom is -0.396 e. The summed E-state index contributed by atoms with van der Waals surface area (Å²) in [6.07, 6.45) is 1.24. The van der Waals surface area contributed by atoms with Crippen molar-refractivity contribution in [1.29, 1.82) is 0 Å². The van der Waals surface area contributed by atoms with Gasteiger partial charge in [0.15, 0.2) is 0 Å². The van der Waals surface area contributed by atoms with E-state index >= 15 is 0 Å². The number of nitrogens with zero attached hydrogens (tertiary/aromatic N) is 1. The van der Waals surface area contributed by atoms with Crippen molar-refractivity contribution in [2.24, 2.45) is 11.3 Å². The molecule has 1 saturated heterocycles. The maximum absolute atomic E-state index is 9.32. The van der Waals surface area contributed by atoms with Crippen molar-refractivity contribution >= 4 is 0 Å². The van der Waals surface area contributed by atoms with E-state index in [2.05, 4.69) is 35.2 Å². The molecule has 2 atom stereocenters. The lowest BCUT2D eigenvalue weighted by molar-refractivity contribution is 0.184. The number of hydrogen-bond donors (Lipinski definition) is 1. The number of aliphatic hydroxyl groups is 1. The van der Waals surface area contributed by atoms with Gasteiger partial charge in [-0.25, -0.2) is 0 Å². The van der Waals surface area contributed by atoms with Crippen molar-refractivity contribution in [1.82, 2.24) is 4.90 Å². The molecule has 0 unspecified atom stereocenters. The van der Waals surface area contributed by atoms with Gasteiger partial charge in [-0.2, -0.15) is 0 Å². The molecule has 2 aliphatic rings. The highest BCUT2D eigenvalue weighted by molar-refractivity contribution is 5.17. The molecule has 0 radical (unpaired) electrons. The molecule has 1 aliphatic carbocycles. The van der Waals surface area contributed by atoms with Crippen molar-refractivity contribution in [3.63, 3.8) is 0 Å². The lowest BCUT2D eigenvalue weighted by Crippen LogP contribution is -2.25. The first-order valence-electron chi connectivity index (χ1n) is 5.69. The number of hydrogen-bond acceptors (Lipinski definition) is 2. The van der Waals surface area contributed by atoms with Crippen LogP contribution in [-0.4, -0.2) is 29.7 Å². The van der Waals surface area contributed by atoms with Gasteiger partial charge >= 0.3 is 0 Å². The van der Waals surface area contributed by atoms with Crippen LogP contribution >= 0.6 is 0 Å². The van der Waals surface area contributed by atoms with E-state index in [1.54, 1.807) is 0 Å². The molecule has 2 heteroatoms. The minimum absolute atomic E-state index is 0.286. The first kappa shape index (κ1) is 9.37. The summed E-state index contributed by atoms with van der Waals surface area (Å²) in [5.41, 5.74) is 1.67. The van der Waals surface area contributed by atoms with Crippen molar-refractivity contribution in [2.45, 2.75) is 13.0 Å². The summed E-state index contributed by atoms with van der Waals surface area (Å²) in [4.78, 5) is 2.47. The van der Waals surface area contributed by atoms with E-state index < -0.39 is 0 Å². The summed E-state index contributed by atoms with van der Waals surface area (Å²) in [5, 5.41) is 9.32. The summed E-state index contributed by atoms with van der Waals surface area (Å²) < 4.78 is 0. The van der Waals surface area contributed by atoms with Crippen LogP contribution in [0.3, 0.4) is 0 Å². The second kappa shape index (κ2) is 3.32. The summed E-state index contributed by atoms with van der Waals surface area (Å²) in [6, 6.07) is 10.6. The van der Waals surface area contributed by atoms with Gasteiger partial charge in [-0.3, -0.25) is 4.90 Å². The first-order chi connectivity index (χ1) is 7.32. The molecule has 2 fully saturated rings. The van der Waals surface area contributed by atoms with E-state index in [1.807, 2.05) is 0 Å². The van der Waals surface area contributed by atoms with E-state index in [1.165, 1.54) is 18.5 Å². The number of fused-ring (bicyclic) bond motifs is 1. The Labute approximate surface area is 90.5 Å². The fourth-order valence-corrected chi connectivity index (χ4v) is 2.91. The third-order valence-corrected chi connectivity index (χ3v) is 3.94. The Balaban J connectivity index is 1.63. The average Bonchev–Trinajstić information content (AvgIpc) is 2.84. The van der Waals surface area contributed by atoms with Crippen LogP contribution in [0.5, 0.6) is 0 Å². The van der Waals surface area contributed by atoms with E-state index in [-0.39, 0.29) is 5.41 Å². The number of piperidine rings is 1. The summed E-state index contributed by atoms with van der Waals surface area (Å²) in [6.45, 7) is 3.68. The van der Waals surface area contributed by atoms with Crippen LogP contribution in [0.4, 0.5) is 0 Å². The van der Waals surface area contributed by atoms with Gasteiger partial charge in [0.1, 0.15) is 0 Å². The maximum Gasteiger partial charge on any atom is 0.0502 e. The maximum atomic E-state index is 9.32.